The molecule has 0 aliphatic heterocycles. The number of phenols is 1. The summed E-state index contributed by atoms with van der Waals surface area (Å²) in [6.45, 7) is 3.35. The molecule has 150 valence electrons. The number of carbonyl (C=O) groups is 1. The molecule has 29 heavy (non-hydrogen) atoms. The lowest BCUT2D eigenvalue weighted by Crippen LogP contribution is -2.26. The topological polar surface area (TPSA) is 91.5 Å². The summed E-state index contributed by atoms with van der Waals surface area (Å²) in [4.78, 5) is 16.0. The molecule has 0 atom stereocenters. The fourth-order valence-corrected chi connectivity index (χ4v) is 2.85. The largest absolute Gasteiger partial charge is 0.507 e. The van der Waals surface area contributed by atoms with E-state index in [4.69, 9.17) is 7.85 Å². The molecule has 3 rings (SSSR count). The van der Waals surface area contributed by atoms with E-state index in [-0.39, 0.29) is 17.6 Å². The van der Waals surface area contributed by atoms with E-state index >= 15 is 0 Å². The molecule has 1 aliphatic rings. The molecule has 8 heteroatoms. The Hall–Kier alpha value is -3.03. The number of hydrogen-bond donors (Lipinski definition) is 3. The van der Waals surface area contributed by atoms with E-state index in [2.05, 4.69) is 20.7 Å². The molecule has 1 fully saturated rings. The standard InChI is InChI=1S/C21H26BN5O2/c1-2-19(23-11-5-6-12-24-21(29)15-9-10-15)27-20(17(22)14-26-27)25-13-16-7-3-4-8-18(16)28/h2-4,7-8,13-15,23,28H,5-6,9-12H2,1H3,(H,24,29)/b19-2-,25-13?. The Labute approximate surface area is 172 Å². The monoisotopic (exact) mass is 391 g/mol. The van der Waals surface area contributed by atoms with Crippen LogP contribution in [0, 0.1) is 5.92 Å². The molecule has 3 N–H and O–H groups in total. The maximum atomic E-state index is 11.6. The summed E-state index contributed by atoms with van der Waals surface area (Å²) in [5, 5.41) is 20.5. The van der Waals surface area contributed by atoms with Gasteiger partial charge in [0.25, 0.3) is 0 Å². The number of allylic oxidation sites excluding steroid dienone is 1. The lowest BCUT2D eigenvalue weighted by Gasteiger charge is -2.13. The highest BCUT2D eigenvalue weighted by molar-refractivity contribution is 6.35. The van der Waals surface area contributed by atoms with E-state index in [9.17, 15) is 9.90 Å². The van der Waals surface area contributed by atoms with Crippen LogP contribution in [0.1, 0.15) is 38.2 Å². The van der Waals surface area contributed by atoms with Gasteiger partial charge in [-0.2, -0.15) is 5.10 Å². The third kappa shape index (κ3) is 5.73. The number of unbranched alkanes of at least 4 members (excludes halogenated alkanes) is 1. The second-order valence-electron chi connectivity index (χ2n) is 7.03. The second-order valence-corrected chi connectivity index (χ2v) is 7.03. The van der Waals surface area contributed by atoms with E-state index in [1.807, 2.05) is 19.1 Å². The zero-order valence-corrected chi connectivity index (χ0v) is 16.6. The average Bonchev–Trinajstić information content (AvgIpc) is 3.51. The highest BCUT2D eigenvalue weighted by Crippen LogP contribution is 2.28. The van der Waals surface area contributed by atoms with E-state index < -0.39 is 0 Å². The Balaban J connectivity index is 1.54. The maximum Gasteiger partial charge on any atom is 0.223 e. The van der Waals surface area contributed by atoms with Crippen LogP contribution < -0.4 is 16.1 Å². The number of nitrogens with zero attached hydrogens (tertiary/aromatic N) is 3. The molecule has 1 aliphatic carbocycles. The first-order chi connectivity index (χ1) is 14.1. The summed E-state index contributed by atoms with van der Waals surface area (Å²) in [5.74, 6) is 1.86. The van der Waals surface area contributed by atoms with Gasteiger partial charge in [-0.05, 0) is 56.3 Å². The van der Waals surface area contributed by atoms with Crippen molar-refractivity contribution in [3.05, 3.63) is 42.1 Å². The first-order valence-corrected chi connectivity index (χ1v) is 9.94. The van der Waals surface area contributed by atoms with Crippen molar-refractivity contribution in [2.45, 2.75) is 32.6 Å². The summed E-state index contributed by atoms with van der Waals surface area (Å²) in [5.41, 5.74) is 1.04. The maximum absolute atomic E-state index is 11.6. The minimum Gasteiger partial charge on any atom is -0.507 e. The van der Waals surface area contributed by atoms with Gasteiger partial charge in [-0.25, -0.2) is 9.67 Å². The van der Waals surface area contributed by atoms with Gasteiger partial charge in [-0.3, -0.25) is 4.79 Å². The van der Waals surface area contributed by atoms with Crippen LogP contribution in [-0.4, -0.2) is 47.9 Å². The van der Waals surface area contributed by atoms with Gasteiger partial charge in [0.2, 0.25) is 5.91 Å². The summed E-state index contributed by atoms with van der Waals surface area (Å²) < 4.78 is 1.64. The van der Waals surface area contributed by atoms with Gasteiger partial charge < -0.3 is 15.7 Å². The van der Waals surface area contributed by atoms with Crippen molar-refractivity contribution in [3.63, 3.8) is 0 Å². The predicted molar refractivity (Wildman–Crippen MR) is 116 cm³/mol. The zero-order chi connectivity index (χ0) is 20.6. The van der Waals surface area contributed by atoms with Gasteiger partial charge in [0.05, 0.1) is 0 Å². The van der Waals surface area contributed by atoms with Gasteiger partial charge in [0.1, 0.15) is 25.2 Å². The third-order valence-electron chi connectivity index (χ3n) is 4.69. The van der Waals surface area contributed by atoms with Crippen molar-refractivity contribution in [2.24, 2.45) is 10.9 Å². The van der Waals surface area contributed by atoms with Crippen LogP contribution in [0.15, 0.2) is 41.5 Å². The number of phenolic OH excluding ortho intramolecular Hbond substituents is 1. The Kier molecular flexibility index (Phi) is 7.11. The van der Waals surface area contributed by atoms with Crippen molar-refractivity contribution in [1.82, 2.24) is 20.4 Å². The Morgan fingerprint density at radius 1 is 1.31 bits per heavy atom. The molecule has 0 bridgehead atoms. The van der Waals surface area contributed by atoms with Crippen LogP contribution in [0.25, 0.3) is 5.82 Å². The molecule has 1 heterocycles. The molecule has 0 saturated heterocycles. The number of nitrogens with one attached hydrogen (secondary N) is 2. The number of aromatic hydroxyl groups is 1. The molecule has 0 spiro atoms. The van der Waals surface area contributed by atoms with Crippen LogP contribution in [-0.2, 0) is 4.79 Å². The first-order valence-electron chi connectivity index (χ1n) is 9.94. The van der Waals surface area contributed by atoms with Crippen molar-refractivity contribution in [2.75, 3.05) is 13.1 Å². The SMILES string of the molecule is [B]c1cnn(/C(=C\C)NCCCCNC(=O)C2CC2)c1N=Cc1ccccc1O. The predicted octanol–water partition coefficient (Wildman–Crippen LogP) is 1.85. The molecule has 7 nitrogen and oxygen atoms in total. The normalized spacial score (nSPS) is 14.3. The number of carbonyl (C=O) groups excluding carboxylic acids is 1. The molecule has 1 aromatic carbocycles. The Bertz CT molecular complexity index is 902. The molecule has 1 amide bonds. The number of aliphatic imine (C=N–C) groups is 1. The van der Waals surface area contributed by atoms with E-state index in [0.29, 0.717) is 23.4 Å². The van der Waals surface area contributed by atoms with Gasteiger partial charge >= 0.3 is 0 Å². The molecular weight excluding hydrogens is 365 g/mol. The third-order valence-corrected chi connectivity index (χ3v) is 4.69. The molecule has 2 radical (unpaired) electrons. The van der Waals surface area contributed by atoms with Crippen molar-refractivity contribution < 1.29 is 9.90 Å². The Morgan fingerprint density at radius 2 is 2.03 bits per heavy atom. The number of amides is 1. The van der Waals surface area contributed by atoms with Crippen LogP contribution in [0.3, 0.4) is 0 Å². The number of para-hydroxylation sites is 1. The number of aromatic nitrogens is 2. The van der Waals surface area contributed by atoms with Crippen molar-refractivity contribution in [3.8, 4) is 5.75 Å². The van der Waals surface area contributed by atoms with E-state index in [1.165, 1.54) is 0 Å². The Morgan fingerprint density at radius 3 is 2.72 bits per heavy atom. The minimum atomic E-state index is 0.152. The zero-order valence-electron chi connectivity index (χ0n) is 16.6. The van der Waals surface area contributed by atoms with E-state index in [1.54, 1.807) is 35.3 Å². The van der Waals surface area contributed by atoms with Crippen LogP contribution in [0.2, 0.25) is 0 Å². The summed E-state index contributed by atoms with van der Waals surface area (Å²) >= 11 is 0. The van der Waals surface area contributed by atoms with Crippen LogP contribution in [0.5, 0.6) is 5.75 Å². The highest BCUT2D eigenvalue weighted by Gasteiger charge is 2.28. The van der Waals surface area contributed by atoms with Crippen LogP contribution in [0.4, 0.5) is 5.82 Å². The van der Waals surface area contributed by atoms with Gasteiger partial charge in [-0.15, -0.1) is 0 Å². The molecule has 1 aromatic heterocycles. The number of rotatable bonds is 10. The first kappa shape index (κ1) is 20.7. The van der Waals surface area contributed by atoms with Gasteiger partial charge in [-0.1, -0.05) is 12.1 Å². The van der Waals surface area contributed by atoms with Crippen LogP contribution >= 0.6 is 0 Å². The van der Waals surface area contributed by atoms with Gasteiger partial charge in [0, 0.05) is 37.0 Å². The van der Waals surface area contributed by atoms with Gasteiger partial charge in [0.15, 0.2) is 0 Å². The minimum absolute atomic E-state index is 0.152. The molecule has 1 saturated carbocycles. The molecule has 2 aromatic rings. The number of hydrogen-bond acceptors (Lipinski definition) is 5. The summed E-state index contributed by atoms with van der Waals surface area (Å²) in [7, 11) is 6.03. The molecule has 0 unspecified atom stereocenters. The highest BCUT2D eigenvalue weighted by atomic mass is 16.3. The molecular formula is C21H26BN5O2. The lowest BCUT2D eigenvalue weighted by molar-refractivity contribution is -0.122. The lowest BCUT2D eigenvalue weighted by atomic mass is 10.00. The summed E-state index contributed by atoms with van der Waals surface area (Å²) in [6, 6.07) is 6.96. The fraction of sp³-hybridized carbons (Fsp3) is 0.381. The van der Waals surface area contributed by atoms with Crippen molar-refractivity contribution in [1.29, 1.82) is 0 Å². The fourth-order valence-electron chi connectivity index (χ4n) is 2.85. The average molecular weight is 391 g/mol. The second kappa shape index (κ2) is 9.95. The number of benzene rings is 1. The van der Waals surface area contributed by atoms with Crippen molar-refractivity contribution >= 4 is 37.1 Å². The smallest absolute Gasteiger partial charge is 0.223 e. The summed E-state index contributed by atoms with van der Waals surface area (Å²) in [6.07, 6.45) is 8.89. The quantitative estimate of drug-likeness (QED) is 0.328. The van der Waals surface area contributed by atoms with E-state index in [0.717, 1.165) is 38.0 Å².